The first kappa shape index (κ1) is 37.5. The summed E-state index contributed by atoms with van der Waals surface area (Å²) in [5.74, 6) is -6.29. The van der Waals surface area contributed by atoms with Gasteiger partial charge in [-0.2, -0.15) is 5.01 Å². The number of phenolic OH excluding ortho intramolecular Hbond substituents is 1. The van der Waals surface area contributed by atoms with Crippen LogP contribution in [0.3, 0.4) is 0 Å². The van der Waals surface area contributed by atoms with Gasteiger partial charge in [-0.25, -0.2) is 0 Å². The number of hydrogen-bond acceptors (Lipinski definition) is 8. The van der Waals surface area contributed by atoms with Crippen molar-refractivity contribution in [3.05, 3.63) is 112 Å². The molecule has 11 nitrogen and oxygen atoms in total. The lowest BCUT2D eigenvalue weighted by Crippen LogP contribution is -2.53. The third-order valence-electron chi connectivity index (χ3n) is 12.2. The Morgan fingerprint density at radius 3 is 2.41 bits per heavy atom. The lowest BCUT2D eigenvalue weighted by molar-refractivity contribution is -0.141. The zero-order valence-electron chi connectivity index (χ0n) is 30.4. The van der Waals surface area contributed by atoms with E-state index >= 15 is 9.59 Å². The molecule has 6 atom stereocenters. The molecule has 1 saturated carbocycles. The van der Waals surface area contributed by atoms with Crippen LogP contribution in [0, 0.1) is 23.7 Å². The molecule has 4 aromatic carbocycles. The maximum atomic E-state index is 15.6. The molecule has 0 spiro atoms. The molecule has 0 bridgehead atoms. The van der Waals surface area contributed by atoms with E-state index in [1.54, 1.807) is 48.5 Å². The zero-order valence-corrected chi connectivity index (χ0v) is 31.9. The number of nitrogens with one attached hydrogen (secondary N) is 1. The number of hydrogen-bond donors (Lipinski definition) is 3. The molecule has 4 aromatic rings. The van der Waals surface area contributed by atoms with Crippen molar-refractivity contribution in [1.29, 1.82) is 0 Å². The lowest BCUT2D eigenvalue weighted by atomic mass is 9.48. The number of carboxylic acid groups (broad SMARTS) is 1. The van der Waals surface area contributed by atoms with Crippen LogP contribution in [0.25, 0.3) is 10.8 Å². The fourth-order valence-electron chi connectivity index (χ4n) is 9.75. The number of nitrogens with zero attached hydrogens (tertiary/aromatic N) is 2. The molecule has 56 heavy (non-hydrogen) atoms. The number of allylic oxidation sites excluding steroid dienone is 2. The van der Waals surface area contributed by atoms with Crippen molar-refractivity contribution in [1.82, 2.24) is 9.91 Å². The van der Waals surface area contributed by atoms with E-state index in [0.29, 0.717) is 52.1 Å². The maximum Gasteiger partial charge on any atom is 0.303 e. The maximum absolute atomic E-state index is 15.6. The molecule has 8 rings (SSSR count). The topological polar surface area (TPSA) is 154 Å². The number of anilines is 1. The minimum atomic E-state index is -1.64. The van der Waals surface area contributed by atoms with Gasteiger partial charge >= 0.3 is 5.97 Å². The summed E-state index contributed by atoms with van der Waals surface area (Å²) < 4.78 is 5.49. The number of benzene rings is 4. The van der Waals surface area contributed by atoms with Crippen LogP contribution in [0.2, 0.25) is 10.0 Å². The minimum Gasteiger partial charge on any atom is -0.508 e. The van der Waals surface area contributed by atoms with Crippen molar-refractivity contribution >= 4 is 69.3 Å². The highest BCUT2D eigenvalue weighted by Gasteiger charge is 2.70. The number of fused-ring (bicyclic) bond motifs is 5. The first-order valence-corrected chi connectivity index (χ1v) is 19.4. The summed E-state index contributed by atoms with van der Waals surface area (Å²) in [6, 6.07) is 22.6. The summed E-state index contributed by atoms with van der Waals surface area (Å²) in [6.45, 7) is 0.163. The number of aliphatic carboxylic acids is 1. The first-order valence-electron chi connectivity index (χ1n) is 18.7. The fraction of sp³-hybridized carbons (Fsp3) is 0.326. The Hall–Kier alpha value is -5.39. The van der Waals surface area contributed by atoms with E-state index in [2.05, 4.69) is 5.43 Å². The Labute approximate surface area is 332 Å². The largest absolute Gasteiger partial charge is 0.508 e. The molecule has 13 heteroatoms. The third kappa shape index (κ3) is 5.90. The number of carbonyl (C=O) groups is 5. The van der Waals surface area contributed by atoms with Gasteiger partial charge < -0.3 is 14.9 Å². The Balaban J connectivity index is 1.31. The second-order valence-electron chi connectivity index (χ2n) is 15.0. The highest BCUT2D eigenvalue weighted by Crippen LogP contribution is 2.65. The van der Waals surface area contributed by atoms with Gasteiger partial charge in [0, 0.05) is 29.5 Å². The Kier molecular flexibility index (Phi) is 9.78. The molecule has 4 amide bonds. The SMILES string of the molecule is COc1ccc(C23C(=O)N(Nc4ccc(Cl)cc4Cl)C(=O)C2CC2C(=CCC4C(=O)N(CCCCCC(=O)O)C(=O)C42)C3c2c(O)ccc3ccccc23)cc1. The number of unbranched alkanes of at least 4 members (excludes halogenated alkanes) is 2. The van der Waals surface area contributed by atoms with Crippen LogP contribution in [-0.2, 0) is 29.4 Å². The van der Waals surface area contributed by atoms with E-state index in [1.165, 1.54) is 18.1 Å². The highest BCUT2D eigenvalue weighted by atomic mass is 35.5. The number of carboxylic acids is 1. The summed E-state index contributed by atoms with van der Waals surface area (Å²) in [5, 5.41) is 24.1. The summed E-state index contributed by atoms with van der Waals surface area (Å²) in [4.78, 5) is 71.4. The number of rotatable bonds is 11. The van der Waals surface area contributed by atoms with Crippen LogP contribution in [0.5, 0.6) is 11.5 Å². The number of methoxy groups -OCH3 is 1. The van der Waals surface area contributed by atoms with Crippen LogP contribution < -0.4 is 10.2 Å². The third-order valence-corrected chi connectivity index (χ3v) is 12.7. The monoisotopic (exact) mass is 795 g/mol. The van der Waals surface area contributed by atoms with Gasteiger partial charge in [-0.15, -0.1) is 0 Å². The molecular weight excluding hydrogens is 757 g/mol. The number of imide groups is 2. The Morgan fingerprint density at radius 1 is 0.911 bits per heavy atom. The van der Waals surface area contributed by atoms with E-state index in [0.717, 1.165) is 10.4 Å². The molecule has 0 aromatic heterocycles. The van der Waals surface area contributed by atoms with Crippen LogP contribution >= 0.6 is 23.2 Å². The van der Waals surface area contributed by atoms with Gasteiger partial charge in [0.25, 0.3) is 11.8 Å². The van der Waals surface area contributed by atoms with Crippen molar-refractivity contribution in [2.75, 3.05) is 19.1 Å². The minimum absolute atomic E-state index is 0.00504. The number of carbonyl (C=O) groups excluding carboxylic acids is 4. The number of hydrazine groups is 1. The molecule has 288 valence electrons. The molecule has 3 fully saturated rings. The van der Waals surface area contributed by atoms with E-state index < -0.39 is 52.8 Å². The standard InChI is InChI=1S/C43H39Cl2N3O8/c1-56-26-14-11-24(12-15-26)43-31(40(53)48(42(43)55)46-33-18-13-25(44)21-32(33)45)22-30-28(38(43)37-27-8-5-4-7-23(27)10-19-34(37)49)16-17-29-36(30)41(54)47(39(29)52)20-6-2-3-9-35(50)51/h4-5,7-8,10-16,18-19,21,29-31,36,38,46,49H,2-3,6,9,17,20,22H2,1H3,(H,50,51). The number of phenols is 1. The molecule has 2 aliphatic carbocycles. The van der Waals surface area contributed by atoms with E-state index in [9.17, 15) is 19.5 Å². The Bertz CT molecular complexity index is 2330. The predicted octanol–water partition coefficient (Wildman–Crippen LogP) is 7.49. The number of halogens is 2. The van der Waals surface area contributed by atoms with Gasteiger partial charge in [-0.3, -0.25) is 34.3 Å². The van der Waals surface area contributed by atoms with Crippen molar-refractivity contribution in [3.8, 4) is 11.5 Å². The van der Waals surface area contributed by atoms with Crippen molar-refractivity contribution in [3.63, 3.8) is 0 Å². The molecule has 2 saturated heterocycles. The molecule has 6 unspecified atom stereocenters. The highest BCUT2D eigenvalue weighted by molar-refractivity contribution is 6.36. The van der Waals surface area contributed by atoms with Gasteiger partial charge in [0.05, 0.1) is 41.0 Å². The summed E-state index contributed by atoms with van der Waals surface area (Å²) in [7, 11) is 1.53. The van der Waals surface area contributed by atoms with Crippen LogP contribution in [0.15, 0.2) is 90.5 Å². The number of aromatic hydroxyl groups is 1. The second kappa shape index (κ2) is 14.6. The first-order chi connectivity index (χ1) is 27.0. The van der Waals surface area contributed by atoms with Crippen LogP contribution in [0.1, 0.15) is 55.6 Å². The van der Waals surface area contributed by atoms with E-state index in [4.69, 9.17) is 33.0 Å². The fourth-order valence-corrected chi connectivity index (χ4v) is 10.2. The van der Waals surface area contributed by atoms with Gasteiger partial charge in [0.15, 0.2) is 0 Å². The lowest BCUT2D eigenvalue weighted by Gasteiger charge is -2.51. The smallest absolute Gasteiger partial charge is 0.303 e. The number of likely N-dealkylation sites (tertiary alicyclic amines) is 1. The summed E-state index contributed by atoms with van der Waals surface area (Å²) in [5.41, 5.74) is 3.30. The predicted molar refractivity (Wildman–Crippen MR) is 209 cm³/mol. The van der Waals surface area contributed by atoms with Gasteiger partial charge in [0.2, 0.25) is 11.8 Å². The average molecular weight is 797 g/mol. The Morgan fingerprint density at radius 2 is 1.68 bits per heavy atom. The molecule has 4 aliphatic rings. The second-order valence-corrected chi connectivity index (χ2v) is 15.8. The van der Waals surface area contributed by atoms with Gasteiger partial charge in [0.1, 0.15) is 11.5 Å². The average Bonchev–Trinajstić information content (AvgIpc) is 3.56. The van der Waals surface area contributed by atoms with Gasteiger partial charge in [-0.05, 0) is 84.3 Å². The van der Waals surface area contributed by atoms with Crippen LogP contribution in [-0.4, -0.2) is 63.4 Å². The molecule has 0 radical (unpaired) electrons. The zero-order chi connectivity index (χ0) is 39.5. The van der Waals surface area contributed by atoms with Crippen molar-refractivity contribution in [2.24, 2.45) is 23.7 Å². The molecule has 3 N–H and O–H groups in total. The molecule has 2 aliphatic heterocycles. The summed E-state index contributed by atoms with van der Waals surface area (Å²) in [6.07, 6.45) is 3.69. The van der Waals surface area contributed by atoms with Crippen molar-refractivity contribution in [2.45, 2.75) is 49.9 Å². The van der Waals surface area contributed by atoms with Gasteiger partial charge in [-0.1, -0.05) is 83.7 Å². The van der Waals surface area contributed by atoms with Crippen LogP contribution in [0.4, 0.5) is 5.69 Å². The molecule has 2 heterocycles. The number of amides is 4. The quantitative estimate of drug-likeness (QED) is 0.0796. The van der Waals surface area contributed by atoms with E-state index in [1.807, 2.05) is 30.3 Å². The normalized spacial score (nSPS) is 25.6. The van der Waals surface area contributed by atoms with Crippen molar-refractivity contribution < 1.29 is 38.9 Å². The number of ether oxygens (including phenoxy) is 1. The molecular formula is C43H39Cl2N3O8. The summed E-state index contributed by atoms with van der Waals surface area (Å²) >= 11 is 12.8. The van der Waals surface area contributed by atoms with E-state index in [-0.39, 0.29) is 54.1 Å².